The molecule has 0 aliphatic heterocycles. The minimum absolute atomic E-state index is 0.0979. The second kappa shape index (κ2) is 13.5. The Balaban J connectivity index is 1.50. The van der Waals surface area contributed by atoms with E-state index in [-0.39, 0.29) is 66.5 Å². The molecule has 0 heterocycles. The van der Waals surface area contributed by atoms with Gasteiger partial charge in [0.25, 0.3) is 11.4 Å². The van der Waals surface area contributed by atoms with Gasteiger partial charge in [-0.25, -0.2) is 0 Å². The van der Waals surface area contributed by atoms with Crippen molar-refractivity contribution < 1.29 is 38.4 Å². The van der Waals surface area contributed by atoms with E-state index in [4.69, 9.17) is 18.9 Å². The molecule has 204 valence electrons. The number of ether oxygens (including phenoxy) is 4. The number of hydrogen-bond acceptors (Lipinski definition) is 10. The first-order valence-corrected chi connectivity index (χ1v) is 11.8. The number of nitrogens with zero attached hydrogens (tertiary/aromatic N) is 2. The molecule has 12 nitrogen and oxygen atoms in total. The number of nitro benzene ring substituents is 2. The standard InChI is InChI=1S/C27H26N2O10/c1-36-24-14-21(23(29(34)35)15-25(24)37-2)17-39-27(31)10-6-9-26(30)38-16-20-12-11-19(13-22(20)28(32)33)18-7-4-3-5-8-18/h3-5,7-8,11-15H,6,9-10,16-17H2,1-2H3. The lowest BCUT2D eigenvalue weighted by Gasteiger charge is -2.11. The lowest BCUT2D eigenvalue weighted by atomic mass is 10.0. The Bertz CT molecular complexity index is 1360. The average molecular weight is 539 g/mol. The molecule has 0 saturated heterocycles. The molecule has 3 aromatic rings. The normalized spacial score (nSPS) is 10.4. The SMILES string of the molecule is COc1cc(COC(=O)CCCC(=O)OCc2ccc(-c3ccccc3)cc2[N+](=O)[O-])c([N+](=O)[O-])cc1OC. The largest absolute Gasteiger partial charge is 0.493 e. The number of carbonyl (C=O) groups excluding carboxylic acids is 2. The van der Waals surface area contributed by atoms with Crippen LogP contribution in [0.15, 0.2) is 60.7 Å². The van der Waals surface area contributed by atoms with Crippen LogP contribution < -0.4 is 9.47 Å². The van der Waals surface area contributed by atoms with Gasteiger partial charge in [0.05, 0.1) is 41.3 Å². The molecule has 0 aromatic heterocycles. The summed E-state index contributed by atoms with van der Waals surface area (Å²) in [5.74, 6) is -0.902. The number of esters is 2. The lowest BCUT2D eigenvalue weighted by molar-refractivity contribution is -0.386. The zero-order valence-electron chi connectivity index (χ0n) is 21.3. The van der Waals surface area contributed by atoms with Crippen LogP contribution in [0.5, 0.6) is 11.5 Å². The van der Waals surface area contributed by atoms with E-state index in [0.717, 1.165) is 5.56 Å². The predicted octanol–water partition coefficient (Wildman–Crippen LogP) is 5.14. The highest BCUT2D eigenvalue weighted by Crippen LogP contribution is 2.35. The molecule has 0 saturated carbocycles. The Kier molecular flexibility index (Phi) is 9.90. The fraction of sp³-hybridized carbons (Fsp3) is 0.259. The number of carbonyl (C=O) groups is 2. The van der Waals surface area contributed by atoms with E-state index in [9.17, 15) is 29.8 Å². The molecule has 0 N–H and O–H groups in total. The highest BCUT2D eigenvalue weighted by molar-refractivity contribution is 5.73. The van der Waals surface area contributed by atoms with Crippen molar-refractivity contribution in [2.45, 2.75) is 32.5 Å². The van der Waals surface area contributed by atoms with Gasteiger partial charge in [-0.2, -0.15) is 0 Å². The van der Waals surface area contributed by atoms with Crippen LogP contribution in [0, 0.1) is 20.2 Å². The van der Waals surface area contributed by atoms with Crippen molar-refractivity contribution in [1.29, 1.82) is 0 Å². The van der Waals surface area contributed by atoms with Crippen LogP contribution >= 0.6 is 0 Å². The van der Waals surface area contributed by atoms with Gasteiger partial charge in [-0.1, -0.05) is 36.4 Å². The summed E-state index contributed by atoms with van der Waals surface area (Å²) in [4.78, 5) is 46.0. The molecule has 0 amide bonds. The van der Waals surface area contributed by atoms with Gasteiger partial charge >= 0.3 is 11.9 Å². The topological polar surface area (TPSA) is 157 Å². The number of benzene rings is 3. The summed E-state index contributed by atoms with van der Waals surface area (Å²) < 4.78 is 20.5. The van der Waals surface area contributed by atoms with Crippen LogP contribution in [0.25, 0.3) is 11.1 Å². The number of hydrogen-bond donors (Lipinski definition) is 0. The quantitative estimate of drug-likeness (QED) is 0.162. The van der Waals surface area contributed by atoms with Gasteiger partial charge in [0.2, 0.25) is 0 Å². The molecule has 0 spiro atoms. The maximum Gasteiger partial charge on any atom is 0.306 e. The van der Waals surface area contributed by atoms with Crippen molar-refractivity contribution in [3.05, 3.63) is 92.0 Å². The summed E-state index contributed by atoms with van der Waals surface area (Å²) in [6, 6.07) is 16.4. The molecule has 39 heavy (non-hydrogen) atoms. The first-order valence-electron chi connectivity index (χ1n) is 11.8. The smallest absolute Gasteiger partial charge is 0.306 e. The first kappa shape index (κ1) is 28.6. The second-order valence-electron chi connectivity index (χ2n) is 8.23. The van der Waals surface area contributed by atoms with Crippen molar-refractivity contribution in [3.8, 4) is 22.6 Å². The van der Waals surface area contributed by atoms with E-state index in [0.29, 0.717) is 5.56 Å². The average Bonchev–Trinajstić information content (AvgIpc) is 2.94. The molecular formula is C27H26N2O10. The molecule has 0 atom stereocenters. The number of rotatable bonds is 13. The summed E-state index contributed by atoms with van der Waals surface area (Å²) in [5.41, 5.74) is 1.37. The van der Waals surface area contributed by atoms with Crippen molar-refractivity contribution >= 4 is 23.3 Å². The summed E-state index contributed by atoms with van der Waals surface area (Å²) >= 11 is 0. The van der Waals surface area contributed by atoms with Crippen molar-refractivity contribution in [1.82, 2.24) is 0 Å². The van der Waals surface area contributed by atoms with E-state index < -0.39 is 21.8 Å². The van der Waals surface area contributed by atoms with Gasteiger partial charge in [-0.05, 0) is 29.7 Å². The van der Waals surface area contributed by atoms with Crippen LogP contribution in [0.1, 0.15) is 30.4 Å². The fourth-order valence-corrected chi connectivity index (χ4v) is 3.70. The van der Waals surface area contributed by atoms with Crippen molar-refractivity contribution in [3.63, 3.8) is 0 Å². The zero-order valence-corrected chi connectivity index (χ0v) is 21.3. The summed E-state index contributed by atoms with van der Waals surface area (Å²) in [6.45, 7) is -0.666. The molecule has 0 aliphatic rings. The van der Waals surface area contributed by atoms with E-state index >= 15 is 0 Å². The molecule has 0 aliphatic carbocycles. The summed E-state index contributed by atoms with van der Waals surface area (Å²) in [6.07, 6.45) is -0.162. The van der Waals surface area contributed by atoms with Gasteiger partial charge in [0, 0.05) is 18.9 Å². The highest BCUT2D eigenvalue weighted by atomic mass is 16.6. The number of nitro groups is 2. The predicted molar refractivity (Wildman–Crippen MR) is 138 cm³/mol. The van der Waals surface area contributed by atoms with Gasteiger partial charge in [-0.3, -0.25) is 29.8 Å². The molecule has 3 rings (SSSR count). The van der Waals surface area contributed by atoms with Crippen LogP contribution in [-0.4, -0.2) is 36.0 Å². The van der Waals surface area contributed by atoms with E-state index in [1.54, 1.807) is 12.1 Å². The minimum atomic E-state index is -0.668. The molecule has 0 bridgehead atoms. The third-order valence-corrected chi connectivity index (χ3v) is 5.71. The summed E-state index contributed by atoms with van der Waals surface area (Å²) in [5, 5.41) is 22.9. The molecule has 3 aromatic carbocycles. The third-order valence-electron chi connectivity index (χ3n) is 5.71. The van der Waals surface area contributed by atoms with E-state index in [1.807, 2.05) is 30.3 Å². The Hall–Kier alpha value is -5.00. The van der Waals surface area contributed by atoms with Crippen molar-refractivity contribution in [2.24, 2.45) is 0 Å². The Morgan fingerprint density at radius 3 is 1.79 bits per heavy atom. The molecule has 0 fully saturated rings. The van der Waals surface area contributed by atoms with Gasteiger partial charge in [0.15, 0.2) is 11.5 Å². The van der Waals surface area contributed by atoms with Crippen molar-refractivity contribution in [2.75, 3.05) is 14.2 Å². The van der Waals surface area contributed by atoms with E-state index in [1.165, 1.54) is 32.4 Å². The third kappa shape index (κ3) is 7.74. The second-order valence-corrected chi connectivity index (χ2v) is 8.23. The first-order chi connectivity index (χ1) is 18.7. The maximum absolute atomic E-state index is 12.2. The molecule has 0 radical (unpaired) electrons. The zero-order chi connectivity index (χ0) is 28.4. The van der Waals surface area contributed by atoms with Crippen LogP contribution in [0.2, 0.25) is 0 Å². The van der Waals surface area contributed by atoms with Gasteiger partial charge < -0.3 is 18.9 Å². The van der Waals surface area contributed by atoms with Crippen LogP contribution in [0.4, 0.5) is 11.4 Å². The molecular weight excluding hydrogens is 512 g/mol. The highest BCUT2D eigenvalue weighted by Gasteiger charge is 2.21. The lowest BCUT2D eigenvalue weighted by Crippen LogP contribution is -2.09. The van der Waals surface area contributed by atoms with Gasteiger partial charge in [-0.15, -0.1) is 0 Å². The number of methoxy groups -OCH3 is 2. The minimum Gasteiger partial charge on any atom is -0.493 e. The summed E-state index contributed by atoms with van der Waals surface area (Å²) in [7, 11) is 2.71. The molecule has 0 unspecified atom stereocenters. The van der Waals surface area contributed by atoms with E-state index in [2.05, 4.69) is 0 Å². The van der Waals surface area contributed by atoms with Crippen LogP contribution in [0.3, 0.4) is 0 Å². The molecule has 12 heteroatoms. The Morgan fingerprint density at radius 1 is 0.692 bits per heavy atom. The van der Waals surface area contributed by atoms with Crippen LogP contribution in [-0.2, 0) is 32.3 Å². The monoisotopic (exact) mass is 538 g/mol. The Labute approximate surface area is 223 Å². The maximum atomic E-state index is 12.2. The van der Waals surface area contributed by atoms with Gasteiger partial charge in [0.1, 0.15) is 13.2 Å². The fourth-order valence-electron chi connectivity index (χ4n) is 3.70. The Morgan fingerprint density at radius 2 is 1.23 bits per heavy atom.